The topological polar surface area (TPSA) is 92.2 Å². The Morgan fingerprint density at radius 2 is 1.68 bits per heavy atom. The molecule has 4 N–H and O–H groups in total. The van der Waals surface area contributed by atoms with E-state index >= 15 is 0 Å². The Hall–Kier alpha value is -0.280. The molecule has 0 aromatic rings. The van der Waals surface area contributed by atoms with E-state index < -0.39 is 11.4 Å². The maximum Gasteiger partial charge on any atom is 0.201 e. The van der Waals surface area contributed by atoms with Crippen LogP contribution in [-0.2, 0) is 19.2 Å². The Bertz CT molecular complexity index is 595. The van der Waals surface area contributed by atoms with Crippen LogP contribution in [0.5, 0.6) is 0 Å². The van der Waals surface area contributed by atoms with Gasteiger partial charge in [0.2, 0.25) is 5.79 Å². The summed E-state index contributed by atoms with van der Waals surface area (Å²) in [5.41, 5.74) is 11.0. The zero-order chi connectivity index (χ0) is 22.1. The van der Waals surface area contributed by atoms with Crippen LogP contribution in [0, 0.1) is 23.7 Å². The molecule has 5 fully saturated rings. The predicted octanol–water partition coefficient (Wildman–Crippen LogP) is 3.02. The first-order valence-electron chi connectivity index (χ1n) is 12.8. The third-order valence-corrected chi connectivity index (χ3v) is 8.63. The van der Waals surface area contributed by atoms with Crippen LogP contribution in [0.3, 0.4) is 0 Å². The lowest BCUT2D eigenvalue weighted by Crippen LogP contribution is -2.70. The zero-order valence-corrected chi connectivity index (χ0v) is 19.9. The van der Waals surface area contributed by atoms with E-state index in [2.05, 4.69) is 18.7 Å². The highest BCUT2D eigenvalue weighted by atomic mass is 17.3. The minimum absolute atomic E-state index is 0.177. The molecule has 0 amide bonds. The van der Waals surface area contributed by atoms with Crippen molar-refractivity contribution in [2.24, 2.45) is 35.1 Å². The number of hydrogen-bond acceptors (Lipinski definition) is 7. The molecule has 180 valence electrons. The van der Waals surface area contributed by atoms with Crippen molar-refractivity contribution >= 4 is 0 Å². The van der Waals surface area contributed by atoms with E-state index in [0.29, 0.717) is 23.7 Å². The molecule has 2 bridgehead atoms. The minimum Gasteiger partial charge on any atom is -0.346 e. The first-order valence-corrected chi connectivity index (χ1v) is 12.8. The average molecular weight is 440 g/mol. The van der Waals surface area contributed by atoms with Gasteiger partial charge in [-0.05, 0) is 95.8 Å². The highest BCUT2D eigenvalue weighted by molar-refractivity contribution is 5.09. The predicted molar refractivity (Wildman–Crippen MR) is 120 cm³/mol. The maximum atomic E-state index is 6.74. The molecule has 8 atom stereocenters. The summed E-state index contributed by atoms with van der Waals surface area (Å²) in [5.74, 6) is 1.17. The fourth-order valence-electron chi connectivity index (χ4n) is 6.75. The van der Waals surface area contributed by atoms with E-state index in [4.69, 9.17) is 30.7 Å². The molecule has 4 aliphatic heterocycles. The second-order valence-electron chi connectivity index (χ2n) is 10.7. The van der Waals surface area contributed by atoms with E-state index in [1.807, 2.05) is 6.92 Å². The Labute approximate surface area is 188 Å². The first-order chi connectivity index (χ1) is 14.9. The molecule has 7 heteroatoms. The van der Waals surface area contributed by atoms with Gasteiger partial charge >= 0.3 is 0 Å². The van der Waals surface area contributed by atoms with Crippen molar-refractivity contribution in [2.75, 3.05) is 32.7 Å². The van der Waals surface area contributed by atoms with Crippen molar-refractivity contribution in [1.29, 1.82) is 0 Å². The lowest BCUT2D eigenvalue weighted by Gasteiger charge is -2.60. The smallest absolute Gasteiger partial charge is 0.201 e. The number of nitrogens with zero attached hydrogens (tertiary/aromatic N) is 1. The van der Waals surface area contributed by atoms with Gasteiger partial charge in [-0.3, -0.25) is 0 Å². The van der Waals surface area contributed by atoms with E-state index in [1.165, 1.54) is 6.42 Å². The molecule has 5 rings (SSSR count). The summed E-state index contributed by atoms with van der Waals surface area (Å²) in [6.45, 7) is 11.4. The quantitative estimate of drug-likeness (QED) is 0.399. The van der Waals surface area contributed by atoms with Crippen LogP contribution >= 0.6 is 0 Å². The summed E-state index contributed by atoms with van der Waals surface area (Å²) >= 11 is 0. The number of nitrogens with two attached hydrogens (primary N) is 2. The molecule has 0 unspecified atom stereocenters. The molecule has 0 aromatic carbocycles. The van der Waals surface area contributed by atoms with Gasteiger partial charge in [0.05, 0.1) is 6.10 Å². The second-order valence-corrected chi connectivity index (χ2v) is 10.7. The fraction of sp³-hybridized carbons (Fsp3) is 1.00. The van der Waals surface area contributed by atoms with Crippen LogP contribution in [0.1, 0.15) is 72.1 Å². The first kappa shape index (κ1) is 23.9. The molecule has 1 aliphatic carbocycles. The third-order valence-electron chi connectivity index (χ3n) is 8.63. The molecular formula is C24H45N3O4. The Balaban J connectivity index is 1.47. The summed E-state index contributed by atoms with van der Waals surface area (Å²) < 4.78 is 13.2. The summed E-state index contributed by atoms with van der Waals surface area (Å²) in [5, 5.41) is 0. The zero-order valence-electron chi connectivity index (χ0n) is 19.9. The van der Waals surface area contributed by atoms with E-state index in [0.717, 1.165) is 77.7 Å². The largest absolute Gasteiger partial charge is 0.346 e. The van der Waals surface area contributed by atoms with E-state index in [1.54, 1.807) is 0 Å². The maximum absolute atomic E-state index is 6.74. The van der Waals surface area contributed by atoms with Gasteiger partial charge in [-0.2, -0.15) is 0 Å². The molecule has 7 nitrogen and oxygen atoms in total. The monoisotopic (exact) mass is 439 g/mol. The molecule has 1 saturated carbocycles. The molecule has 5 aliphatic rings. The number of fused-ring (bicyclic) bond motifs is 2. The van der Waals surface area contributed by atoms with Gasteiger partial charge in [-0.25, -0.2) is 9.78 Å². The van der Waals surface area contributed by atoms with Gasteiger partial charge in [0.25, 0.3) is 0 Å². The lowest BCUT2D eigenvalue weighted by molar-refractivity contribution is -0.571. The van der Waals surface area contributed by atoms with Crippen molar-refractivity contribution < 1.29 is 19.2 Å². The van der Waals surface area contributed by atoms with Crippen molar-refractivity contribution in [3.8, 4) is 0 Å². The summed E-state index contributed by atoms with van der Waals surface area (Å²) in [7, 11) is 0. The fourth-order valence-corrected chi connectivity index (χ4v) is 6.75. The highest BCUT2D eigenvalue weighted by Gasteiger charge is 2.69. The summed E-state index contributed by atoms with van der Waals surface area (Å²) in [4.78, 5) is 14.7. The van der Waals surface area contributed by atoms with E-state index in [-0.39, 0.29) is 12.4 Å². The standard InChI is InChI=1S/C24H45N3O4/c1-17-7-8-20-18(2)21(10-16-27(15-6-13-26)14-5-4-12-25)28-22-24(20)19(17)9-11-23(3,29-22)30-31-24/h17-22H,4-16,25-26H2,1-3H3/t17-,18-,19+,20+,21-,22-,23-,24-/m1/s1. The van der Waals surface area contributed by atoms with Gasteiger partial charge in [-0.1, -0.05) is 13.8 Å². The van der Waals surface area contributed by atoms with Crippen LogP contribution in [-0.4, -0.2) is 61.4 Å². The van der Waals surface area contributed by atoms with Gasteiger partial charge in [0.15, 0.2) is 11.9 Å². The molecule has 31 heavy (non-hydrogen) atoms. The van der Waals surface area contributed by atoms with Gasteiger partial charge in [0, 0.05) is 18.9 Å². The van der Waals surface area contributed by atoms with E-state index in [9.17, 15) is 0 Å². The molecular weight excluding hydrogens is 394 g/mol. The molecule has 4 heterocycles. The van der Waals surface area contributed by atoms with Gasteiger partial charge < -0.3 is 25.8 Å². The number of hydrogen-bond donors (Lipinski definition) is 2. The normalized spacial score (nSPS) is 44.3. The minimum atomic E-state index is -0.696. The SMILES string of the molecule is C[C@H]1[C@@H](CCN(CCCN)CCCCN)O[C@@H]2O[C@@]3(C)CC[C@H]4[C@H](C)CC[C@@H]1[C@@]24OO3. The van der Waals surface area contributed by atoms with Crippen LogP contribution in [0.2, 0.25) is 0 Å². The third kappa shape index (κ3) is 4.57. The van der Waals surface area contributed by atoms with Crippen molar-refractivity contribution in [1.82, 2.24) is 4.90 Å². The van der Waals surface area contributed by atoms with Crippen molar-refractivity contribution in [3.05, 3.63) is 0 Å². The Morgan fingerprint density at radius 1 is 0.903 bits per heavy atom. The molecule has 4 saturated heterocycles. The van der Waals surface area contributed by atoms with Crippen LogP contribution in [0.4, 0.5) is 0 Å². The second kappa shape index (κ2) is 9.92. The molecule has 0 aromatic heterocycles. The van der Waals surface area contributed by atoms with Gasteiger partial charge in [0.1, 0.15) is 0 Å². The van der Waals surface area contributed by atoms with Crippen LogP contribution < -0.4 is 11.5 Å². The van der Waals surface area contributed by atoms with Gasteiger partial charge in [-0.15, -0.1) is 0 Å². The number of unbranched alkanes of at least 4 members (excludes halogenated alkanes) is 1. The summed E-state index contributed by atoms with van der Waals surface area (Å²) in [6, 6.07) is 0. The molecule has 0 radical (unpaired) electrons. The van der Waals surface area contributed by atoms with Crippen LogP contribution in [0.25, 0.3) is 0 Å². The summed E-state index contributed by atoms with van der Waals surface area (Å²) in [6.07, 6.45) is 8.47. The Kier molecular flexibility index (Phi) is 7.63. The number of rotatable bonds is 10. The highest BCUT2D eigenvalue weighted by Crippen LogP contribution is 2.60. The van der Waals surface area contributed by atoms with Crippen molar-refractivity contribution in [2.45, 2.75) is 95.9 Å². The molecule has 1 spiro atoms. The van der Waals surface area contributed by atoms with Crippen molar-refractivity contribution in [3.63, 3.8) is 0 Å². The average Bonchev–Trinajstić information content (AvgIpc) is 2.99. The Morgan fingerprint density at radius 3 is 2.45 bits per heavy atom. The lowest BCUT2D eigenvalue weighted by atomic mass is 9.57. The number of ether oxygens (including phenoxy) is 2. The van der Waals surface area contributed by atoms with Crippen LogP contribution in [0.15, 0.2) is 0 Å².